The third-order valence-electron chi connectivity index (χ3n) is 5.65. The van der Waals surface area contributed by atoms with Gasteiger partial charge in [-0.2, -0.15) is 5.26 Å². The molecule has 0 saturated carbocycles. The quantitative estimate of drug-likeness (QED) is 0.240. The van der Waals surface area contributed by atoms with E-state index >= 15 is 0 Å². The number of aromatic nitrogens is 3. The summed E-state index contributed by atoms with van der Waals surface area (Å²) >= 11 is 0. The van der Waals surface area contributed by atoms with Crippen molar-refractivity contribution < 1.29 is 14.3 Å². The monoisotopic (exact) mass is 468 g/mol. The lowest BCUT2D eigenvalue weighted by Gasteiger charge is -2.10. The first kappa shape index (κ1) is 23.5. The molecule has 0 bridgehead atoms. The van der Waals surface area contributed by atoms with Gasteiger partial charge in [-0.3, -0.25) is 9.20 Å². The third-order valence-corrected chi connectivity index (χ3v) is 5.65. The number of nitriles is 1. The van der Waals surface area contributed by atoms with Crippen LogP contribution in [0.3, 0.4) is 0 Å². The van der Waals surface area contributed by atoms with Crippen LogP contribution in [0.4, 0.5) is 0 Å². The molecule has 0 aliphatic carbocycles. The van der Waals surface area contributed by atoms with Crippen LogP contribution in [0, 0.1) is 32.1 Å². The lowest BCUT2D eigenvalue weighted by Crippen LogP contribution is -2.17. The molecule has 0 atom stereocenters. The topological polar surface area (TPSA) is 98.6 Å². The van der Waals surface area contributed by atoms with Gasteiger partial charge in [-0.15, -0.1) is 0 Å². The number of hydrogen-bond acceptors (Lipinski definition) is 6. The van der Waals surface area contributed by atoms with Gasteiger partial charge in [0.1, 0.15) is 29.6 Å². The van der Waals surface area contributed by atoms with E-state index in [9.17, 15) is 14.9 Å². The molecule has 1 aromatic carbocycles. The second-order valence-electron chi connectivity index (χ2n) is 8.13. The molecule has 8 heteroatoms. The number of esters is 1. The molecule has 3 aromatic heterocycles. The Hall–Kier alpha value is -4.64. The Bertz CT molecular complexity index is 1550. The highest BCUT2D eigenvalue weighted by atomic mass is 16.5. The van der Waals surface area contributed by atoms with E-state index in [2.05, 4.69) is 4.98 Å². The Morgan fingerprint density at radius 1 is 1.11 bits per heavy atom. The van der Waals surface area contributed by atoms with E-state index in [1.807, 2.05) is 67.8 Å². The highest BCUT2D eigenvalue weighted by Gasteiger charge is 2.16. The molecule has 3 heterocycles. The zero-order chi connectivity index (χ0) is 25.1. The smallest absolute Gasteiger partial charge is 0.349 e. The number of fused-ring (bicyclic) bond motifs is 1. The summed E-state index contributed by atoms with van der Waals surface area (Å²) in [6, 6.07) is 16.3. The fraction of sp³-hybridized carbons (Fsp3) is 0.185. The van der Waals surface area contributed by atoms with E-state index in [1.54, 1.807) is 19.4 Å². The SMILES string of the molecule is COc1ccc(-n2c(C)cc(/C=C(\C#N)C(=O)OCc3cc(=O)n4cc(C)ccc4n3)c2C)cc1. The molecule has 0 amide bonds. The van der Waals surface area contributed by atoms with Crippen molar-refractivity contribution in [3.8, 4) is 17.5 Å². The Labute approximate surface area is 202 Å². The number of nitrogens with zero attached hydrogens (tertiary/aromatic N) is 4. The molecule has 0 radical (unpaired) electrons. The van der Waals surface area contributed by atoms with Crippen molar-refractivity contribution in [1.82, 2.24) is 14.0 Å². The van der Waals surface area contributed by atoms with Crippen molar-refractivity contribution in [2.24, 2.45) is 0 Å². The average Bonchev–Trinajstić information content (AvgIpc) is 3.13. The number of benzene rings is 1. The first-order valence-corrected chi connectivity index (χ1v) is 10.9. The molecule has 0 aliphatic rings. The molecule has 8 nitrogen and oxygen atoms in total. The number of carbonyl (C=O) groups is 1. The fourth-order valence-corrected chi connectivity index (χ4v) is 3.90. The van der Waals surface area contributed by atoms with Crippen LogP contribution in [0.1, 0.15) is 28.2 Å². The molecule has 4 rings (SSSR count). The maximum Gasteiger partial charge on any atom is 0.349 e. The molecular formula is C27H24N4O4. The van der Waals surface area contributed by atoms with E-state index in [1.165, 1.54) is 16.5 Å². The van der Waals surface area contributed by atoms with E-state index in [4.69, 9.17) is 9.47 Å². The van der Waals surface area contributed by atoms with Gasteiger partial charge < -0.3 is 14.0 Å². The van der Waals surface area contributed by atoms with Crippen LogP contribution in [-0.4, -0.2) is 27.0 Å². The lowest BCUT2D eigenvalue weighted by molar-refractivity contribution is -0.139. The van der Waals surface area contributed by atoms with Crippen LogP contribution in [0.15, 0.2) is 65.1 Å². The summed E-state index contributed by atoms with van der Waals surface area (Å²) in [5, 5.41) is 9.60. The minimum Gasteiger partial charge on any atom is -0.497 e. The Kier molecular flexibility index (Phi) is 6.51. The molecule has 4 aromatic rings. The number of aryl methyl sites for hydroxylation is 2. The van der Waals surface area contributed by atoms with E-state index < -0.39 is 5.97 Å². The third kappa shape index (κ3) is 4.84. The summed E-state index contributed by atoms with van der Waals surface area (Å²) < 4.78 is 14.0. The maximum atomic E-state index is 12.6. The van der Waals surface area contributed by atoms with Crippen molar-refractivity contribution in [2.75, 3.05) is 7.11 Å². The first-order chi connectivity index (χ1) is 16.8. The summed E-state index contributed by atoms with van der Waals surface area (Å²) in [6.07, 6.45) is 3.20. The molecular weight excluding hydrogens is 444 g/mol. The van der Waals surface area contributed by atoms with Gasteiger partial charge in [0, 0.05) is 29.3 Å². The second kappa shape index (κ2) is 9.69. The van der Waals surface area contributed by atoms with Crippen LogP contribution in [0.2, 0.25) is 0 Å². The number of ether oxygens (including phenoxy) is 2. The minimum absolute atomic E-state index is 0.145. The predicted molar refractivity (Wildman–Crippen MR) is 131 cm³/mol. The largest absolute Gasteiger partial charge is 0.497 e. The Balaban J connectivity index is 1.55. The predicted octanol–water partition coefficient (Wildman–Crippen LogP) is 4.07. The normalized spacial score (nSPS) is 11.3. The van der Waals surface area contributed by atoms with E-state index in [0.717, 1.165) is 34.0 Å². The summed E-state index contributed by atoms with van der Waals surface area (Å²) in [7, 11) is 1.61. The van der Waals surface area contributed by atoms with Crippen LogP contribution < -0.4 is 10.3 Å². The van der Waals surface area contributed by atoms with Gasteiger partial charge in [-0.05, 0) is 74.4 Å². The second-order valence-corrected chi connectivity index (χ2v) is 8.13. The number of hydrogen-bond donors (Lipinski definition) is 0. The highest BCUT2D eigenvalue weighted by Crippen LogP contribution is 2.24. The molecule has 0 aliphatic heterocycles. The van der Waals surface area contributed by atoms with Gasteiger partial charge in [-0.25, -0.2) is 9.78 Å². The molecule has 0 fully saturated rings. The molecule has 176 valence electrons. The zero-order valence-corrected chi connectivity index (χ0v) is 19.9. The minimum atomic E-state index is -0.785. The van der Waals surface area contributed by atoms with Crippen molar-refractivity contribution >= 4 is 17.7 Å². The number of rotatable bonds is 6. The van der Waals surface area contributed by atoms with E-state index in [-0.39, 0.29) is 17.7 Å². The van der Waals surface area contributed by atoms with E-state index in [0.29, 0.717) is 11.3 Å². The molecule has 35 heavy (non-hydrogen) atoms. The highest BCUT2D eigenvalue weighted by molar-refractivity contribution is 5.98. The molecule has 0 N–H and O–H groups in total. The van der Waals surface area contributed by atoms with Crippen molar-refractivity contribution in [3.05, 3.63) is 98.9 Å². The van der Waals surface area contributed by atoms with Crippen LogP contribution >= 0.6 is 0 Å². The Morgan fingerprint density at radius 2 is 1.86 bits per heavy atom. The Morgan fingerprint density at radius 3 is 2.54 bits per heavy atom. The van der Waals surface area contributed by atoms with Crippen LogP contribution in [-0.2, 0) is 16.1 Å². The van der Waals surface area contributed by atoms with Gasteiger partial charge in [0.25, 0.3) is 5.56 Å². The van der Waals surface area contributed by atoms with Gasteiger partial charge >= 0.3 is 5.97 Å². The molecule has 0 spiro atoms. The summed E-state index contributed by atoms with van der Waals surface area (Å²) in [4.78, 5) is 29.4. The van der Waals surface area contributed by atoms with Gasteiger partial charge in [-0.1, -0.05) is 6.07 Å². The zero-order valence-electron chi connectivity index (χ0n) is 19.9. The summed E-state index contributed by atoms with van der Waals surface area (Å²) in [6.45, 7) is 5.52. The van der Waals surface area contributed by atoms with Gasteiger partial charge in [0.05, 0.1) is 12.8 Å². The van der Waals surface area contributed by atoms with Crippen molar-refractivity contribution in [2.45, 2.75) is 27.4 Å². The molecule has 0 saturated heterocycles. The summed E-state index contributed by atoms with van der Waals surface area (Å²) in [5.74, 6) is -0.0304. The molecule has 0 unspecified atom stereocenters. The number of pyridine rings is 1. The average molecular weight is 469 g/mol. The van der Waals surface area contributed by atoms with Crippen LogP contribution in [0.25, 0.3) is 17.4 Å². The first-order valence-electron chi connectivity index (χ1n) is 10.9. The van der Waals surface area contributed by atoms with Crippen LogP contribution in [0.5, 0.6) is 5.75 Å². The lowest BCUT2D eigenvalue weighted by atomic mass is 10.1. The standard InChI is InChI=1S/C27H24N4O4/c1-17-5-10-25-29-22(13-26(32)30(25)15-17)16-35-27(33)21(14-28)12-20-11-18(2)31(19(20)3)23-6-8-24(34-4)9-7-23/h5-13,15H,16H2,1-4H3/b21-12+. The van der Waals surface area contributed by atoms with Gasteiger partial charge in [0.15, 0.2) is 0 Å². The maximum absolute atomic E-state index is 12.6. The van der Waals surface area contributed by atoms with Gasteiger partial charge in [0.2, 0.25) is 0 Å². The van der Waals surface area contributed by atoms with Crippen molar-refractivity contribution in [3.63, 3.8) is 0 Å². The number of methoxy groups -OCH3 is 1. The van der Waals surface area contributed by atoms with Crippen molar-refractivity contribution in [1.29, 1.82) is 5.26 Å². The summed E-state index contributed by atoms with van der Waals surface area (Å²) in [5.41, 5.74) is 4.75. The fourth-order valence-electron chi connectivity index (χ4n) is 3.90. The number of carbonyl (C=O) groups excluding carboxylic acids is 1.